The van der Waals surface area contributed by atoms with Gasteiger partial charge in [-0.15, -0.1) is 0 Å². The molecule has 0 atom stereocenters. The van der Waals surface area contributed by atoms with Crippen LogP contribution in [0.2, 0.25) is 0 Å². The Kier molecular flexibility index (Phi) is 1.60. The van der Waals surface area contributed by atoms with Crippen LogP contribution >= 0.6 is 0 Å². The van der Waals surface area contributed by atoms with Crippen LogP contribution < -0.4 is 19.7 Å². The van der Waals surface area contributed by atoms with Gasteiger partial charge in [-0.05, 0) is 0 Å². The summed E-state index contributed by atoms with van der Waals surface area (Å²) in [6.07, 6.45) is 0. The van der Waals surface area contributed by atoms with E-state index in [4.69, 9.17) is 0 Å². The minimum absolute atomic E-state index is 0.273. The van der Waals surface area contributed by atoms with Gasteiger partial charge < -0.3 is 0 Å². The molecular formula is C7H6IO4-. The molecule has 0 aliphatic carbocycles. The van der Waals surface area contributed by atoms with Crippen LogP contribution in [-0.4, -0.2) is 12.8 Å². The molecule has 0 fully saturated rings. The van der Waals surface area contributed by atoms with E-state index in [-0.39, 0.29) is 9.13 Å². The Balaban J connectivity index is 2.66. The number of carbonyl (C=O) groups is 1. The van der Waals surface area contributed by atoms with Crippen molar-refractivity contribution in [2.75, 3.05) is 0 Å². The zero-order valence-electron chi connectivity index (χ0n) is 5.90. The molecule has 1 aliphatic heterocycles. The summed E-state index contributed by atoms with van der Waals surface area (Å²) in [6, 6.07) is 6.33. The third-order valence-corrected chi connectivity index (χ3v) is 5.01. The van der Waals surface area contributed by atoms with E-state index >= 15 is 0 Å². The Morgan fingerprint density at radius 1 is 1.25 bits per heavy atom. The van der Waals surface area contributed by atoms with E-state index in [2.05, 4.69) is 3.07 Å². The molecule has 5 heteroatoms. The summed E-state index contributed by atoms with van der Waals surface area (Å²) in [4.78, 5) is 11.0. The number of hydrogen-bond acceptors (Lipinski definition) is 4. The van der Waals surface area contributed by atoms with E-state index < -0.39 is 25.6 Å². The van der Waals surface area contributed by atoms with E-state index in [0.717, 1.165) is 0 Å². The van der Waals surface area contributed by atoms with Gasteiger partial charge in [0.15, 0.2) is 0 Å². The van der Waals surface area contributed by atoms with Crippen molar-refractivity contribution in [1.82, 2.24) is 0 Å². The van der Waals surface area contributed by atoms with Crippen LogP contribution in [0.1, 0.15) is 10.4 Å². The maximum absolute atomic E-state index is 11.0. The molecule has 2 rings (SSSR count). The summed E-state index contributed by atoms with van der Waals surface area (Å²) < 4.78 is 23.4. The summed E-state index contributed by atoms with van der Waals surface area (Å²) in [6.45, 7) is 0. The Bertz CT molecular complexity index is 347. The fraction of sp³-hybridized carbons (Fsp3) is 0. The first-order chi connectivity index (χ1) is 5.61. The first kappa shape index (κ1) is 7.96. The molecule has 4 nitrogen and oxygen atoms in total. The van der Waals surface area contributed by atoms with Crippen molar-refractivity contribution in [2.24, 2.45) is 0 Å². The summed E-state index contributed by atoms with van der Waals surface area (Å²) >= 11 is -4.29. The normalized spacial score (nSPS) is 21.3. The number of hydrogen-bond donors (Lipinski definition) is 2. The van der Waals surface area contributed by atoms with Crippen molar-refractivity contribution >= 4 is 5.97 Å². The number of rotatable bonds is 0. The minimum atomic E-state index is -4.29. The van der Waals surface area contributed by atoms with E-state index in [1.807, 2.05) is 0 Å². The van der Waals surface area contributed by atoms with Gasteiger partial charge in [-0.2, -0.15) is 0 Å². The Hall–Kier alpha value is -0.660. The number of carbonyl (C=O) groups excluding carboxylic acids is 1. The summed E-state index contributed by atoms with van der Waals surface area (Å²) in [7, 11) is 0. The molecular weight excluding hydrogens is 275 g/mol. The predicted octanol–water partition coefficient (Wildman–Crippen LogP) is -3.08. The van der Waals surface area contributed by atoms with Gasteiger partial charge in [-0.3, -0.25) is 0 Å². The average Bonchev–Trinajstić information content (AvgIpc) is 2.25. The van der Waals surface area contributed by atoms with Crippen LogP contribution in [0.5, 0.6) is 0 Å². The number of benzene rings is 1. The topological polar surface area (TPSA) is 66.8 Å². The number of halogens is 1. The molecule has 0 unspecified atom stereocenters. The molecule has 0 bridgehead atoms. The Labute approximate surface area is 73.9 Å². The van der Waals surface area contributed by atoms with Crippen LogP contribution in [0.4, 0.5) is 0 Å². The summed E-state index contributed by atoms with van der Waals surface area (Å²) in [5.74, 6) is -0.632. The van der Waals surface area contributed by atoms with Crippen LogP contribution in [0.15, 0.2) is 24.3 Å². The van der Waals surface area contributed by atoms with Crippen LogP contribution in [0.25, 0.3) is 0 Å². The molecule has 2 N–H and O–H groups in total. The maximum atomic E-state index is 11.0. The van der Waals surface area contributed by atoms with Crippen LogP contribution in [-0.2, 0) is 3.07 Å². The second-order valence-corrected chi connectivity index (χ2v) is 6.53. The van der Waals surface area contributed by atoms with Crippen molar-refractivity contribution in [3.05, 3.63) is 33.4 Å². The van der Waals surface area contributed by atoms with Crippen LogP contribution in [0.3, 0.4) is 0 Å². The quantitative estimate of drug-likeness (QED) is 0.495. The van der Waals surface area contributed by atoms with Gasteiger partial charge in [-0.25, -0.2) is 0 Å². The van der Waals surface area contributed by atoms with Gasteiger partial charge in [-0.1, -0.05) is 0 Å². The predicted molar refractivity (Wildman–Crippen MR) is 35.0 cm³/mol. The van der Waals surface area contributed by atoms with Gasteiger partial charge in [0.1, 0.15) is 0 Å². The van der Waals surface area contributed by atoms with Gasteiger partial charge in [0.05, 0.1) is 0 Å². The molecule has 0 saturated heterocycles. The van der Waals surface area contributed by atoms with Crippen molar-refractivity contribution in [2.45, 2.75) is 0 Å². The first-order valence-corrected chi connectivity index (χ1v) is 7.06. The van der Waals surface area contributed by atoms with Gasteiger partial charge in [0.25, 0.3) is 0 Å². The second-order valence-electron chi connectivity index (χ2n) is 2.30. The van der Waals surface area contributed by atoms with E-state index in [1.54, 1.807) is 12.1 Å². The average molecular weight is 281 g/mol. The van der Waals surface area contributed by atoms with Crippen molar-refractivity contribution in [3.8, 4) is 0 Å². The Morgan fingerprint density at radius 3 is 2.58 bits per heavy atom. The molecule has 0 spiro atoms. The monoisotopic (exact) mass is 281 g/mol. The summed E-state index contributed by atoms with van der Waals surface area (Å²) in [5, 5.41) is 0. The zero-order chi connectivity index (χ0) is 8.77. The zero-order valence-corrected chi connectivity index (χ0v) is 8.06. The Morgan fingerprint density at radius 2 is 1.92 bits per heavy atom. The molecule has 1 heterocycles. The third kappa shape index (κ3) is 1.01. The second kappa shape index (κ2) is 2.41. The van der Waals surface area contributed by atoms with E-state index in [1.165, 1.54) is 12.1 Å². The molecule has 0 saturated carbocycles. The molecule has 0 amide bonds. The van der Waals surface area contributed by atoms with Gasteiger partial charge in [0.2, 0.25) is 0 Å². The standard InChI is InChI=1S/C7H6IO4/c9-7-5-3-1-2-4-6(5)8(10,11)12-7/h1-4,10-11H/q-1. The first-order valence-electron chi connectivity index (χ1n) is 3.17. The summed E-state index contributed by atoms with van der Waals surface area (Å²) in [5.41, 5.74) is 0.277. The number of fused-ring (bicyclic) bond motifs is 1. The molecule has 1 aromatic rings. The fourth-order valence-corrected chi connectivity index (χ4v) is 3.89. The van der Waals surface area contributed by atoms with Crippen molar-refractivity contribution < 1.29 is 34.4 Å². The van der Waals surface area contributed by atoms with Crippen molar-refractivity contribution in [3.63, 3.8) is 0 Å². The fourth-order valence-electron chi connectivity index (χ4n) is 1.02. The van der Waals surface area contributed by atoms with Crippen molar-refractivity contribution in [1.29, 1.82) is 0 Å². The molecule has 1 aromatic carbocycles. The van der Waals surface area contributed by atoms with Gasteiger partial charge >= 0.3 is 73.8 Å². The SMILES string of the molecule is O=C1O[I-](O)(O)c2ccccc21. The van der Waals surface area contributed by atoms with E-state index in [9.17, 15) is 11.7 Å². The third-order valence-electron chi connectivity index (χ3n) is 1.54. The molecule has 12 heavy (non-hydrogen) atoms. The molecule has 66 valence electrons. The van der Waals surface area contributed by atoms with E-state index in [0.29, 0.717) is 0 Å². The van der Waals surface area contributed by atoms with Gasteiger partial charge in [0, 0.05) is 0 Å². The molecule has 1 aliphatic rings. The van der Waals surface area contributed by atoms with Crippen LogP contribution in [0, 0.1) is 3.57 Å². The molecule has 0 aromatic heterocycles. The molecule has 0 radical (unpaired) electrons.